The number of carbonyl (C=O) groups excluding carboxylic acids is 2. The van der Waals surface area contributed by atoms with Crippen LogP contribution in [-0.4, -0.2) is 22.0 Å². The second-order valence-corrected chi connectivity index (χ2v) is 5.69. The number of hydrogen-bond donors (Lipinski definition) is 1. The minimum absolute atomic E-state index is 0.0557. The Morgan fingerprint density at radius 1 is 1.32 bits per heavy atom. The lowest BCUT2D eigenvalue weighted by atomic mass is 10.1. The van der Waals surface area contributed by atoms with E-state index < -0.39 is 0 Å². The van der Waals surface area contributed by atoms with Gasteiger partial charge in [-0.15, -0.1) is 0 Å². The molecule has 102 valence electrons. The first-order valence-corrected chi connectivity index (χ1v) is 6.86. The van der Waals surface area contributed by atoms with Crippen molar-refractivity contribution in [2.24, 2.45) is 10.7 Å². The first kappa shape index (κ1) is 15.4. The molecular formula is C14H18N2O2S. The van der Waals surface area contributed by atoms with Crippen LogP contribution in [0.5, 0.6) is 0 Å². The summed E-state index contributed by atoms with van der Waals surface area (Å²) in [6, 6.07) is 7.37. The lowest BCUT2D eigenvalue weighted by Crippen LogP contribution is -2.16. The van der Waals surface area contributed by atoms with Gasteiger partial charge in [0.15, 0.2) is 5.17 Å². The third-order valence-corrected chi connectivity index (χ3v) is 3.55. The highest BCUT2D eigenvalue weighted by molar-refractivity contribution is 8.14. The van der Waals surface area contributed by atoms with Gasteiger partial charge in [-0.25, -0.2) is 4.99 Å². The maximum atomic E-state index is 11.2. The second-order valence-electron chi connectivity index (χ2n) is 4.33. The quantitative estimate of drug-likeness (QED) is 0.663. The summed E-state index contributed by atoms with van der Waals surface area (Å²) in [5.41, 5.74) is 7.34. The van der Waals surface area contributed by atoms with Crippen LogP contribution in [0.4, 0.5) is 5.69 Å². The van der Waals surface area contributed by atoms with Crippen molar-refractivity contribution in [2.45, 2.75) is 32.4 Å². The van der Waals surface area contributed by atoms with Gasteiger partial charge in [0.2, 0.25) is 0 Å². The Kier molecular flexibility index (Phi) is 5.76. The number of amidine groups is 1. The molecule has 1 aromatic carbocycles. The Bertz CT molecular complexity index is 512. The molecule has 0 radical (unpaired) electrons. The predicted octanol–water partition coefficient (Wildman–Crippen LogP) is 2.48. The second kappa shape index (κ2) is 7.09. The highest BCUT2D eigenvalue weighted by Gasteiger charge is 2.11. The van der Waals surface area contributed by atoms with E-state index in [1.165, 1.54) is 25.6 Å². The number of para-hydroxylation sites is 1. The molecule has 0 bridgehead atoms. The number of aliphatic imine (C=N–C) groups is 1. The van der Waals surface area contributed by atoms with Crippen LogP contribution in [0.3, 0.4) is 0 Å². The third-order valence-electron chi connectivity index (χ3n) is 2.53. The largest absolute Gasteiger partial charge is 0.378 e. The number of hydrogen-bond acceptors (Lipinski definition) is 4. The van der Waals surface area contributed by atoms with Gasteiger partial charge in [0.05, 0.1) is 10.9 Å². The molecule has 0 heterocycles. The van der Waals surface area contributed by atoms with E-state index in [9.17, 15) is 9.59 Å². The Morgan fingerprint density at radius 3 is 2.53 bits per heavy atom. The summed E-state index contributed by atoms with van der Waals surface area (Å²) in [4.78, 5) is 26.6. The van der Waals surface area contributed by atoms with Gasteiger partial charge in [-0.1, -0.05) is 30.0 Å². The molecule has 1 rings (SSSR count). The van der Waals surface area contributed by atoms with Gasteiger partial charge in [0, 0.05) is 6.42 Å². The van der Waals surface area contributed by atoms with Crippen LogP contribution in [0.15, 0.2) is 29.3 Å². The van der Waals surface area contributed by atoms with E-state index >= 15 is 0 Å². The third kappa shape index (κ3) is 5.26. The number of rotatable bonds is 5. The maximum absolute atomic E-state index is 11.2. The van der Waals surface area contributed by atoms with Gasteiger partial charge in [0.25, 0.3) is 0 Å². The number of ketones is 2. The van der Waals surface area contributed by atoms with Crippen molar-refractivity contribution < 1.29 is 9.59 Å². The summed E-state index contributed by atoms with van der Waals surface area (Å²) in [5, 5.41) is 0.113. The normalized spacial score (nSPS) is 13.1. The lowest BCUT2D eigenvalue weighted by Gasteiger charge is -2.08. The molecule has 0 fully saturated rings. The molecule has 0 saturated heterocycles. The van der Waals surface area contributed by atoms with Crippen molar-refractivity contribution in [1.82, 2.24) is 0 Å². The van der Waals surface area contributed by atoms with Crippen LogP contribution in [-0.2, 0) is 16.0 Å². The van der Waals surface area contributed by atoms with Gasteiger partial charge >= 0.3 is 0 Å². The van der Waals surface area contributed by atoms with E-state index in [2.05, 4.69) is 4.99 Å². The van der Waals surface area contributed by atoms with Gasteiger partial charge in [-0.3, -0.25) is 9.59 Å². The molecule has 0 aromatic heterocycles. The Balaban J connectivity index is 2.91. The van der Waals surface area contributed by atoms with E-state index in [-0.39, 0.29) is 16.8 Å². The van der Waals surface area contributed by atoms with E-state index in [4.69, 9.17) is 5.73 Å². The van der Waals surface area contributed by atoms with Crippen molar-refractivity contribution in [3.8, 4) is 0 Å². The first-order valence-electron chi connectivity index (χ1n) is 5.98. The smallest absolute Gasteiger partial charge is 0.159 e. The number of benzene rings is 1. The lowest BCUT2D eigenvalue weighted by molar-refractivity contribution is -0.117. The zero-order valence-electron chi connectivity index (χ0n) is 11.3. The Morgan fingerprint density at radius 2 is 1.95 bits per heavy atom. The maximum Gasteiger partial charge on any atom is 0.159 e. The summed E-state index contributed by atoms with van der Waals surface area (Å²) in [5.74, 6) is 0.131. The average Bonchev–Trinajstić information content (AvgIpc) is 2.30. The number of thioether (sulfide) groups is 1. The summed E-state index contributed by atoms with van der Waals surface area (Å²) >= 11 is 1.22. The molecule has 1 unspecified atom stereocenters. The number of nitrogens with zero attached hydrogens (tertiary/aromatic N) is 1. The fourth-order valence-corrected chi connectivity index (χ4v) is 2.13. The van der Waals surface area contributed by atoms with Crippen molar-refractivity contribution >= 4 is 34.2 Å². The number of nitrogens with two attached hydrogens (primary N) is 1. The molecule has 4 nitrogen and oxygen atoms in total. The zero-order valence-corrected chi connectivity index (χ0v) is 12.2. The highest BCUT2D eigenvalue weighted by Crippen LogP contribution is 2.22. The van der Waals surface area contributed by atoms with Gasteiger partial charge in [-0.05, 0) is 32.4 Å². The van der Waals surface area contributed by atoms with Crippen molar-refractivity contribution in [3.05, 3.63) is 29.8 Å². The monoisotopic (exact) mass is 278 g/mol. The molecule has 1 atom stereocenters. The molecule has 0 aliphatic rings. The minimum Gasteiger partial charge on any atom is -0.378 e. The SMILES string of the molecule is CC(=O)Cc1ccccc1N=C(N)SC(C)C(C)=O. The molecule has 0 aliphatic heterocycles. The molecular weight excluding hydrogens is 260 g/mol. The van der Waals surface area contributed by atoms with Gasteiger partial charge in [0.1, 0.15) is 11.6 Å². The van der Waals surface area contributed by atoms with Crippen LogP contribution in [0, 0.1) is 0 Å². The zero-order chi connectivity index (χ0) is 14.4. The predicted molar refractivity (Wildman–Crippen MR) is 79.8 cm³/mol. The molecule has 19 heavy (non-hydrogen) atoms. The fourth-order valence-electron chi connectivity index (χ4n) is 1.45. The topological polar surface area (TPSA) is 72.5 Å². The average molecular weight is 278 g/mol. The summed E-state index contributed by atoms with van der Waals surface area (Å²) in [6.45, 7) is 4.85. The molecule has 0 aliphatic carbocycles. The Labute approximate surface area is 117 Å². The van der Waals surface area contributed by atoms with Crippen LogP contribution in [0.1, 0.15) is 26.3 Å². The number of Topliss-reactive ketones (excluding diaryl/α,β-unsaturated/α-hetero) is 2. The summed E-state index contributed by atoms with van der Waals surface area (Å²) < 4.78 is 0. The van der Waals surface area contributed by atoms with Crippen LogP contribution < -0.4 is 5.73 Å². The van der Waals surface area contributed by atoms with Crippen LogP contribution in [0.2, 0.25) is 0 Å². The van der Waals surface area contributed by atoms with Crippen LogP contribution in [0.25, 0.3) is 0 Å². The van der Waals surface area contributed by atoms with Gasteiger partial charge < -0.3 is 5.73 Å². The minimum atomic E-state index is -0.219. The van der Waals surface area contributed by atoms with E-state index in [0.717, 1.165) is 5.56 Å². The number of carbonyl (C=O) groups is 2. The molecule has 5 heteroatoms. The van der Waals surface area contributed by atoms with E-state index in [1.54, 1.807) is 6.92 Å². The molecule has 0 amide bonds. The highest BCUT2D eigenvalue weighted by atomic mass is 32.2. The van der Waals surface area contributed by atoms with Crippen molar-refractivity contribution in [1.29, 1.82) is 0 Å². The first-order chi connectivity index (χ1) is 8.90. The van der Waals surface area contributed by atoms with E-state index in [0.29, 0.717) is 17.3 Å². The molecule has 1 aromatic rings. The van der Waals surface area contributed by atoms with Crippen LogP contribution >= 0.6 is 11.8 Å². The molecule has 0 saturated carbocycles. The summed E-state index contributed by atoms with van der Waals surface area (Å²) in [6.07, 6.45) is 0.333. The Hall–Kier alpha value is -1.62. The molecule has 0 spiro atoms. The van der Waals surface area contributed by atoms with E-state index in [1.807, 2.05) is 24.3 Å². The molecule has 2 N–H and O–H groups in total. The van der Waals surface area contributed by atoms with Crippen molar-refractivity contribution in [3.63, 3.8) is 0 Å². The van der Waals surface area contributed by atoms with Gasteiger partial charge in [-0.2, -0.15) is 0 Å². The fraction of sp³-hybridized carbons (Fsp3) is 0.357. The standard InChI is InChI=1S/C14H18N2O2S/c1-9(17)8-12-6-4-5-7-13(12)16-14(15)19-11(3)10(2)18/h4-7,11H,8H2,1-3H3,(H2,15,16). The summed E-state index contributed by atoms with van der Waals surface area (Å²) in [7, 11) is 0. The van der Waals surface area contributed by atoms with Crippen molar-refractivity contribution in [2.75, 3.05) is 0 Å².